The molecule has 188 valence electrons. The summed E-state index contributed by atoms with van der Waals surface area (Å²) in [6.07, 6.45) is -4.85. The van der Waals surface area contributed by atoms with Gasteiger partial charge in [0.2, 0.25) is 11.8 Å². The second-order valence-electron chi connectivity index (χ2n) is 8.41. The molecule has 0 unspecified atom stereocenters. The highest BCUT2D eigenvalue weighted by Gasteiger charge is 2.57. The lowest BCUT2D eigenvalue weighted by atomic mass is 9.66. The maximum Gasteiger partial charge on any atom is 0.416 e. The van der Waals surface area contributed by atoms with E-state index in [1.807, 2.05) is 0 Å². The summed E-state index contributed by atoms with van der Waals surface area (Å²) in [5.41, 5.74) is -1.46. The van der Waals surface area contributed by atoms with Crippen molar-refractivity contribution in [3.8, 4) is 5.75 Å². The number of rotatable bonds is 8. The van der Waals surface area contributed by atoms with Gasteiger partial charge in [-0.1, -0.05) is 29.8 Å². The molecule has 0 aliphatic heterocycles. The number of ether oxygens (including phenoxy) is 1. The Morgan fingerprint density at radius 1 is 1.17 bits per heavy atom. The molecule has 35 heavy (non-hydrogen) atoms. The standard InChI is InChI=1S/C24H24ClF3N2O5/c1-14(31)30(13-16-5-6-18(9-20(16)25)24(26,27)28)23(10-17(11-23)21(32)33)22(34)29-12-15-3-7-19(35-2)8-4-15/h3-9,17H,10-13H2,1-2H3,(H,29,34)(H,32,33). The highest BCUT2D eigenvalue weighted by Crippen LogP contribution is 2.44. The molecular weight excluding hydrogens is 489 g/mol. The molecule has 1 aliphatic rings. The predicted octanol–water partition coefficient (Wildman–Crippen LogP) is 4.27. The van der Waals surface area contributed by atoms with Crippen LogP contribution in [0.3, 0.4) is 0 Å². The Balaban J connectivity index is 1.86. The monoisotopic (exact) mass is 512 g/mol. The summed E-state index contributed by atoms with van der Waals surface area (Å²) in [6.45, 7) is 1.08. The number of amides is 2. The summed E-state index contributed by atoms with van der Waals surface area (Å²) in [5, 5.41) is 11.9. The first kappa shape index (κ1) is 26.3. The van der Waals surface area contributed by atoms with E-state index in [4.69, 9.17) is 16.3 Å². The molecule has 0 spiro atoms. The van der Waals surface area contributed by atoms with E-state index in [-0.39, 0.29) is 36.5 Å². The number of benzene rings is 2. The van der Waals surface area contributed by atoms with Crippen molar-refractivity contribution in [1.29, 1.82) is 0 Å². The predicted molar refractivity (Wildman–Crippen MR) is 121 cm³/mol. The van der Waals surface area contributed by atoms with Crippen LogP contribution < -0.4 is 10.1 Å². The maximum absolute atomic E-state index is 13.3. The molecule has 0 saturated heterocycles. The first-order valence-electron chi connectivity index (χ1n) is 10.7. The van der Waals surface area contributed by atoms with Gasteiger partial charge in [-0.25, -0.2) is 0 Å². The second-order valence-corrected chi connectivity index (χ2v) is 8.82. The number of nitrogens with zero attached hydrogens (tertiary/aromatic N) is 1. The summed E-state index contributed by atoms with van der Waals surface area (Å²) in [7, 11) is 1.52. The lowest BCUT2D eigenvalue weighted by Gasteiger charge is -2.51. The Bertz CT molecular complexity index is 1120. The summed E-state index contributed by atoms with van der Waals surface area (Å²) in [4.78, 5) is 38.6. The summed E-state index contributed by atoms with van der Waals surface area (Å²) in [6, 6.07) is 9.68. The summed E-state index contributed by atoms with van der Waals surface area (Å²) >= 11 is 6.08. The van der Waals surface area contributed by atoms with E-state index >= 15 is 0 Å². The maximum atomic E-state index is 13.3. The zero-order valence-corrected chi connectivity index (χ0v) is 19.7. The topological polar surface area (TPSA) is 95.9 Å². The van der Waals surface area contributed by atoms with Crippen molar-refractivity contribution >= 4 is 29.4 Å². The lowest BCUT2D eigenvalue weighted by molar-refractivity contribution is -0.166. The van der Waals surface area contributed by atoms with E-state index in [1.165, 1.54) is 18.9 Å². The molecule has 2 amide bonds. The molecule has 0 bridgehead atoms. The highest BCUT2D eigenvalue weighted by molar-refractivity contribution is 6.31. The number of carboxylic acid groups (broad SMARTS) is 1. The SMILES string of the molecule is COc1ccc(CNC(=O)C2(N(Cc3ccc(C(F)(F)F)cc3Cl)C(C)=O)CC(C(=O)O)C2)cc1. The van der Waals surface area contributed by atoms with Gasteiger partial charge >= 0.3 is 12.1 Å². The minimum atomic E-state index is -4.59. The molecule has 0 atom stereocenters. The van der Waals surface area contributed by atoms with Crippen LogP contribution in [0.5, 0.6) is 5.75 Å². The van der Waals surface area contributed by atoms with Gasteiger partial charge in [0.15, 0.2) is 0 Å². The van der Waals surface area contributed by atoms with E-state index in [2.05, 4.69) is 5.32 Å². The van der Waals surface area contributed by atoms with Gasteiger partial charge in [0.25, 0.3) is 0 Å². The van der Waals surface area contributed by atoms with E-state index in [9.17, 15) is 32.7 Å². The van der Waals surface area contributed by atoms with Crippen LogP contribution in [-0.4, -0.2) is 40.4 Å². The smallest absolute Gasteiger partial charge is 0.416 e. The van der Waals surface area contributed by atoms with Gasteiger partial charge < -0.3 is 20.1 Å². The molecule has 7 nitrogen and oxygen atoms in total. The lowest BCUT2D eigenvalue weighted by Crippen LogP contribution is -2.67. The van der Waals surface area contributed by atoms with Crippen LogP contribution in [0.15, 0.2) is 42.5 Å². The van der Waals surface area contributed by atoms with Crippen LogP contribution in [0.4, 0.5) is 13.2 Å². The second kappa shape index (κ2) is 10.2. The van der Waals surface area contributed by atoms with Gasteiger partial charge in [0.1, 0.15) is 11.3 Å². The summed E-state index contributed by atoms with van der Waals surface area (Å²) < 4.78 is 44.1. The van der Waals surface area contributed by atoms with Gasteiger partial charge in [-0.15, -0.1) is 0 Å². The Labute approximate surface area is 204 Å². The molecule has 0 aromatic heterocycles. The Kier molecular flexibility index (Phi) is 7.64. The zero-order valence-electron chi connectivity index (χ0n) is 19.0. The first-order chi connectivity index (χ1) is 16.4. The molecule has 1 saturated carbocycles. The van der Waals surface area contributed by atoms with E-state index in [0.717, 1.165) is 23.8 Å². The van der Waals surface area contributed by atoms with Crippen molar-refractivity contribution in [2.24, 2.45) is 5.92 Å². The Morgan fingerprint density at radius 2 is 1.80 bits per heavy atom. The van der Waals surface area contributed by atoms with Crippen molar-refractivity contribution in [2.45, 2.75) is 44.6 Å². The van der Waals surface area contributed by atoms with Gasteiger partial charge in [-0.3, -0.25) is 14.4 Å². The molecule has 0 radical (unpaired) electrons. The van der Waals surface area contributed by atoms with Crippen molar-refractivity contribution in [3.05, 3.63) is 64.2 Å². The molecule has 1 fully saturated rings. The third-order valence-electron chi connectivity index (χ3n) is 6.16. The van der Waals surface area contributed by atoms with Crippen molar-refractivity contribution in [1.82, 2.24) is 10.2 Å². The van der Waals surface area contributed by atoms with Crippen molar-refractivity contribution in [2.75, 3.05) is 7.11 Å². The number of carboxylic acids is 1. The number of hydrogen-bond donors (Lipinski definition) is 2. The average molecular weight is 513 g/mol. The van der Waals surface area contributed by atoms with Gasteiger partial charge in [-0.2, -0.15) is 13.2 Å². The number of aliphatic carboxylic acids is 1. The first-order valence-corrected chi connectivity index (χ1v) is 11.0. The Morgan fingerprint density at radius 3 is 2.29 bits per heavy atom. The number of nitrogens with one attached hydrogen (secondary N) is 1. The molecular formula is C24H24ClF3N2O5. The van der Waals surface area contributed by atoms with E-state index < -0.39 is 41.0 Å². The minimum Gasteiger partial charge on any atom is -0.497 e. The van der Waals surface area contributed by atoms with Crippen LogP contribution in [0.2, 0.25) is 5.02 Å². The van der Waals surface area contributed by atoms with Crippen LogP contribution >= 0.6 is 11.6 Å². The van der Waals surface area contributed by atoms with Crippen molar-refractivity contribution in [3.63, 3.8) is 0 Å². The molecule has 2 N–H and O–H groups in total. The van der Waals surface area contributed by atoms with Crippen LogP contribution in [0, 0.1) is 5.92 Å². The third kappa shape index (κ3) is 5.70. The minimum absolute atomic E-state index is 0.120. The fourth-order valence-corrected chi connectivity index (χ4v) is 4.38. The largest absolute Gasteiger partial charge is 0.497 e. The van der Waals surface area contributed by atoms with Gasteiger partial charge in [0.05, 0.1) is 18.6 Å². The number of alkyl halides is 3. The van der Waals surface area contributed by atoms with E-state index in [0.29, 0.717) is 5.75 Å². The van der Waals surface area contributed by atoms with Gasteiger partial charge in [0, 0.05) is 25.0 Å². The fraction of sp³-hybridized carbons (Fsp3) is 0.375. The number of methoxy groups -OCH3 is 1. The van der Waals surface area contributed by atoms with E-state index in [1.54, 1.807) is 24.3 Å². The number of hydrogen-bond acceptors (Lipinski definition) is 4. The molecule has 2 aromatic rings. The molecule has 3 rings (SSSR count). The van der Waals surface area contributed by atoms with Crippen molar-refractivity contribution < 1.29 is 37.4 Å². The molecule has 2 aromatic carbocycles. The quantitative estimate of drug-likeness (QED) is 0.551. The summed E-state index contributed by atoms with van der Waals surface area (Å²) in [5.74, 6) is -2.39. The van der Waals surface area contributed by atoms with Crippen LogP contribution in [-0.2, 0) is 33.6 Å². The third-order valence-corrected chi connectivity index (χ3v) is 6.51. The number of carbonyl (C=O) groups excluding carboxylic acids is 2. The molecule has 1 aliphatic carbocycles. The van der Waals surface area contributed by atoms with Crippen LogP contribution in [0.25, 0.3) is 0 Å². The average Bonchev–Trinajstić information content (AvgIpc) is 2.76. The molecule has 11 heteroatoms. The zero-order chi connectivity index (χ0) is 26.0. The van der Waals surface area contributed by atoms with Crippen LogP contribution in [0.1, 0.15) is 36.5 Å². The normalized spacial score (nSPS) is 19.4. The van der Waals surface area contributed by atoms with Gasteiger partial charge in [-0.05, 0) is 48.2 Å². The highest BCUT2D eigenvalue weighted by atomic mass is 35.5. The number of carbonyl (C=O) groups is 3. The Hall–Kier alpha value is -3.27. The molecule has 0 heterocycles. The number of halogens is 4. The fourth-order valence-electron chi connectivity index (χ4n) is 4.13.